The van der Waals surface area contributed by atoms with Gasteiger partial charge in [0.2, 0.25) is 5.91 Å². The summed E-state index contributed by atoms with van der Waals surface area (Å²) >= 11 is 0. The number of hydrogen-bond donors (Lipinski definition) is 3. The minimum absolute atomic E-state index is 0.0324. The summed E-state index contributed by atoms with van der Waals surface area (Å²) in [7, 11) is 0. The predicted molar refractivity (Wildman–Crippen MR) is 89.1 cm³/mol. The van der Waals surface area contributed by atoms with E-state index < -0.39 is 0 Å². The fourth-order valence-electron chi connectivity index (χ4n) is 2.29. The van der Waals surface area contributed by atoms with E-state index >= 15 is 0 Å². The van der Waals surface area contributed by atoms with Crippen LogP contribution in [0.3, 0.4) is 0 Å². The van der Waals surface area contributed by atoms with Crippen molar-refractivity contribution in [2.45, 2.75) is 84.1 Å². The summed E-state index contributed by atoms with van der Waals surface area (Å²) in [5, 5.41) is 11.8. The number of carbonyl (C=O) groups excluding carboxylic acids is 1. The van der Waals surface area contributed by atoms with Crippen LogP contribution in [0.25, 0.3) is 0 Å². The van der Waals surface area contributed by atoms with Crippen molar-refractivity contribution in [3.63, 3.8) is 0 Å². The van der Waals surface area contributed by atoms with Gasteiger partial charge < -0.3 is 16.2 Å². The number of nitrogens with two attached hydrogens (primary N) is 1. The molecule has 0 aliphatic heterocycles. The predicted octanol–water partition coefficient (Wildman–Crippen LogP) is 2.98. The van der Waals surface area contributed by atoms with Crippen molar-refractivity contribution < 1.29 is 9.90 Å². The number of carbonyl (C=O) groups is 1. The third-order valence-corrected chi connectivity index (χ3v) is 4.07. The van der Waals surface area contributed by atoms with Gasteiger partial charge in [-0.25, -0.2) is 0 Å². The Labute approximate surface area is 130 Å². The van der Waals surface area contributed by atoms with E-state index in [1.54, 1.807) is 0 Å². The Hall–Kier alpha value is -0.610. The lowest BCUT2D eigenvalue weighted by Gasteiger charge is -2.17. The zero-order chi connectivity index (χ0) is 15.9. The number of unbranched alkanes of at least 4 members (excludes halogenated alkanes) is 8. The Morgan fingerprint density at radius 1 is 1.05 bits per heavy atom. The van der Waals surface area contributed by atoms with Gasteiger partial charge in [-0.15, -0.1) is 0 Å². The molecule has 2 atom stereocenters. The fourth-order valence-corrected chi connectivity index (χ4v) is 2.29. The molecule has 0 fully saturated rings. The zero-order valence-corrected chi connectivity index (χ0v) is 14.1. The van der Waals surface area contributed by atoms with Crippen LogP contribution in [0.5, 0.6) is 0 Å². The second-order valence-corrected chi connectivity index (χ2v) is 6.21. The van der Waals surface area contributed by atoms with Crippen molar-refractivity contribution in [3.8, 4) is 0 Å². The van der Waals surface area contributed by atoms with Crippen molar-refractivity contribution >= 4 is 5.91 Å². The highest BCUT2D eigenvalue weighted by molar-refractivity contribution is 5.75. The SMILES string of the molecule is CCCCCCCCCCCC(=O)NCC(C)[C@H](N)CO. The number of amides is 1. The molecule has 0 saturated carbocycles. The Morgan fingerprint density at radius 2 is 1.57 bits per heavy atom. The molecule has 0 aromatic rings. The third-order valence-electron chi connectivity index (χ3n) is 4.07. The lowest BCUT2D eigenvalue weighted by Crippen LogP contribution is -2.39. The quantitative estimate of drug-likeness (QED) is 0.432. The van der Waals surface area contributed by atoms with Crippen LogP contribution in [-0.4, -0.2) is 30.2 Å². The van der Waals surface area contributed by atoms with E-state index in [-0.39, 0.29) is 24.5 Å². The lowest BCUT2D eigenvalue weighted by molar-refractivity contribution is -0.121. The molecule has 126 valence electrons. The van der Waals surface area contributed by atoms with Gasteiger partial charge >= 0.3 is 0 Å². The van der Waals surface area contributed by atoms with E-state index in [4.69, 9.17) is 10.8 Å². The fraction of sp³-hybridized carbons (Fsp3) is 0.941. The molecule has 21 heavy (non-hydrogen) atoms. The molecule has 4 nitrogen and oxygen atoms in total. The van der Waals surface area contributed by atoms with Gasteiger partial charge in [0.25, 0.3) is 0 Å². The van der Waals surface area contributed by atoms with Gasteiger partial charge in [-0.1, -0.05) is 65.2 Å². The van der Waals surface area contributed by atoms with Crippen molar-refractivity contribution in [1.82, 2.24) is 5.32 Å². The summed E-state index contributed by atoms with van der Waals surface area (Å²) in [6, 6.07) is -0.252. The van der Waals surface area contributed by atoms with Gasteiger partial charge in [-0.2, -0.15) is 0 Å². The normalized spacial score (nSPS) is 13.9. The molecule has 4 heteroatoms. The maximum Gasteiger partial charge on any atom is 0.220 e. The molecule has 1 unspecified atom stereocenters. The van der Waals surface area contributed by atoms with Crippen LogP contribution in [-0.2, 0) is 4.79 Å². The maximum atomic E-state index is 11.7. The first-order chi connectivity index (χ1) is 10.1. The van der Waals surface area contributed by atoms with Crippen molar-refractivity contribution in [2.75, 3.05) is 13.2 Å². The third kappa shape index (κ3) is 12.8. The number of aliphatic hydroxyl groups is 1. The number of aliphatic hydroxyl groups excluding tert-OH is 1. The average Bonchev–Trinajstić information content (AvgIpc) is 2.50. The molecule has 0 bridgehead atoms. The van der Waals surface area contributed by atoms with E-state index in [9.17, 15) is 4.79 Å². The smallest absolute Gasteiger partial charge is 0.220 e. The molecule has 0 saturated heterocycles. The molecular formula is C17H36N2O2. The van der Waals surface area contributed by atoms with Crippen LogP contribution >= 0.6 is 0 Å². The molecule has 0 radical (unpaired) electrons. The van der Waals surface area contributed by atoms with Crippen LogP contribution in [0, 0.1) is 5.92 Å². The minimum atomic E-state index is -0.252. The van der Waals surface area contributed by atoms with Gasteiger partial charge in [0.15, 0.2) is 0 Å². The maximum absolute atomic E-state index is 11.7. The van der Waals surface area contributed by atoms with Crippen LogP contribution in [0.1, 0.15) is 78.1 Å². The zero-order valence-electron chi connectivity index (χ0n) is 14.1. The topological polar surface area (TPSA) is 75.4 Å². The molecule has 0 heterocycles. The highest BCUT2D eigenvalue weighted by atomic mass is 16.3. The average molecular weight is 300 g/mol. The van der Waals surface area contributed by atoms with Gasteiger partial charge in [0, 0.05) is 19.0 Å². The Kier molecular flexibility index (Phi) is 13.9. The Morgan fingerprint density at radius 3 is 2.10 bits per heavy atom. The van der Waals surface area contributed by atoms with E-state index in [2.05, 4.69) is 12.2 Å². The first kappa shape index (κ1) is 20.4. The number of rotatable bonds is 14. The van der Waals surface area contributed by atoms with E-state index in [1.807, 2.05) is 6.92 Å². The van der Waals surface area contributed by atoms with E-state index in [1.165, 1.54) is 44.9 Å². The molecule has 0 rings (SSSR count). The van der Waals surface area contributed by atoms with Gasteiger partial charge in [0.05, 0.1) is 6.61 Å². The highest BCUT2D eigenvalue weighted by Gasteiger charge is 2.12. The molecule has 0 aromatic heterocycles. The largest absolute Gasteiger partial charge is 0.395 e. The molecule has 1 amide bonds. The molecule has 4 N–H and O–H groups in total. The van der Waals surface area contributed by atoms with Crippen LogP contribution in [0.15, 0.2) is 0 Å². The Balaban J connectivity index is 3.34. The van der Waals surface area contributed by atoms with Crippen molar-refractivity contribution in [1.29, 1.82) is 0 Å². The van der Waals surface area contributed by atoms with E-state index in [0.29, 0.717) is 13.0 Å². The van der Waals surface area contributed by atoms with Gasteiger partial charge in [-0.3, -0.25) is 4.79 Å². The van der Waals surface area contributed by atoms with E-state index in [0.717, 1.165) is 12.8 Å². The molecule has 0 aliphatic carbocycles. The van der Waals surface area contributed by atoms with Crippen LogP contribution in [0.2, 0.25) is 0 Å². The second kappa shape index (κ2) is 14.3. The first-order valence-electron chi connectivity index (χ1n) is 8.75. The summed E-state index contributed by atoms with van der Waals surface area (Å²) < 4.78 is 0. The Bertz CT molecular complexity index is 247. The van der Waals surface area contributed by atoms with Gasteiger partial charge in [0.1, 0.15) is 0 Å². The van der Waals surface area contributed by atoms with Crippen molar-refractivity contribution in [3.05, 3.63) is 0 Å². The summed E-state index contributed by atoms with van der Waals surface area (Å²) in [5.41, 5.74) is 5.70. The van der Waals surface area contributed by atoms with Crippen LogP contribution in [0.4, 0.5) is 0 Å². The summed E-state index contributed by atoms with van der Waals surface area (Å²) in [6.45, 7) is 4.70. The van der Waals surface area contributed by atoms with Crippen LogP contribution < -0.4 is 11.1 Å². The summed E-state index contributed by atoms with van der Waals surface area (Å²) in [6.07, 6.45) is 12.0. The molecule has 0 aromatic carbocycles. The standard InChI is InChI=1S/C17H36N2O2/c1-3-4-5-6-7-8-9-10-11-12-17(21)19-13-15(2)16(18)14-20/h15-16,20H,3-14,18H2,1-2H3,(H,19,21)/t15?,16-/m1/s1. The number of nitrogens with one attached hydrogen (secondary N) is 1. The first-order valence-corrected chi connectivity index (χ1v) is 8.75. The monoisotopic (exact) mass is 300 g/mol. The highest BCUT2D eigenvalue weighted by Crippen LogP contribution is 2.10. The minimum Gasteiger partial charge on any atom is -0.395 e. The second-order valence-electron chi connectivity index (χ2n) is 6.21. The van der Waals surface area contributed by atoms with Crippen molar-refractivity contribution in [2.24, 2.45) is 11.7 Å². The number of hydrogen-bond acceptors (Lipinski definition) is 3. The summed E-state index contributed by atoms with van der Waals surface area (Å²) in [5.74, 6) is 0.219. The molecule has 0 aliphatic rings. The lowest BCUT2D eigenvalue weighted by atomic mass is 10.0. The van der Waals surface area contributed by atoms with Gasteiger partial charge in [-0.05, 0) is 12.3 Å². The molecular weight excluding hydrogens is 264 g/mol. The molecule has 0 spiro atoms. The summed E-state index contributed by atoms with van der Waals surface area (Å²) in [4.78, 5) is 11.7.